The van der Waals surface area contributed by atoms with E-state index in [9.17, 15) is 0 Å². The maximum absolute atomic E-state index is 6.06. The lowest BCUT2D eigenvalue weighted by Crippen LogP contribution is -2.22. The Bertz CT molecular complexity index is 543. The van der Waals surface area contributed by atoms with Crippen molar-refractivity contribution in [3.05, 3.63) is 28.1 Å². The normalized spacial score (nSPS) is 12.9. The van der Waals surface area contributed by atoms with Crippen molar-refractivity contribution in [3.8, 4) is 5.82 Å². The van der Waals surface area contributed by atoms with Gasteiger partial charge in [0.1, 0.15) is 0 Å². The Morgan fingerprint density at radius 3 is 2.78 bits per heavy atom. The second-order valence-corrected chi connectivity index (χ2v) is 5.40. The summed E-state index contributed by atoms with van der Waals surface area (Å²) in [5.41, 5.74) is 8.24. The lowest BCUT2D eigenvalue weighted by molar-refractivity contribution is 0.636. The van der Waals surface area contributed by atoms with Gasteiger partial charge >= 0.3 is 0 Å². The summed E-state index contributed by atoms with van der Waals surface area (Å²) in [6, 6.07) is 0.158. The Hall–Kier alpha value is -1.14. The highest BCUT2D eigenvalue weighted by atomic mass is 79.9. The van der Waals surface area contributed by atoms with Crippen LogP contribution >= 0.6 is 15.9 Å². The standard InChI is InChI=1S/C12H18BrN5/c1-4-10(14)5-11-8(2)16-17(3)12(11)18-7-9(13)6-15-18/h6-7,10H,4-5,14H2,1-3H3. The summed E-state index contributed by atoms with van der Waals surface area (Å²) in [4.78, 5) is 0. The van der Waals surface area contributed by atoms with Crippen LogP contribution < -0.4 is 5.73 Å². The first-order valence-corrected chi connectivity index (χ1v) is 6.80. The number of aryl methyl sites for hydroxylation is 2. The van der Waals surface area contributed by atoms with Crippen molar-refractivity contribution in [1.82, 2.24) is 19.6 Å². The summed E-state index contributed by atoms with van der Waals surface area (Å²) < 4.78 is 4.64. The van der Waals surface area contributed by atoms with E-state index < -0.39 is 0 Å². The highest BCUT2D eigenvalue weighted by Gasteiger charge is 2.17. The van der Waals surface area contributed by atoms with E-state index in [4.69, 9.17) is 5.73 Å². The molecule has 2 aromatic rings. The molecule has 1 atom stereocenters. The Morgan fingerprint density at radius 1 is 1.50 bits per heavy atom. The van der Waals surface area contributed by atoms with Gasteiger partial charge < -0.3 is 5.73 Å². The number of hydrogen-bond donors (Lipinski definition) is 1. The van der Waals surface area contributed by atoms with Gasteiger partial charge in [0.25, 0.3) is 0 Å². The van der Waals surface area contributed by atoms with E-state index in [-0.39, 0.29) is 6.04 Å². The van der Waals surface area contributed by atoms with Gasteiger partial charge in [-0.15, -0.1) is 0 Å². The zero-order chi connectivity index (χ0) is 13.3. The van der Waals surface area contributed by atoms with Crippen molar-refractivity contribution in [2.45, 2.75) is 32.7 Å². The molecule has 1 unspecified atom stereocenters. The van der Waals surface area contributed by atoms with Crippen LogP contribution in [0.25, 0.3) is 5.82 Å². The Balaban J connectivity index is 2.45. The van der Waals surface area contributed by atoms with Crippen molar-refractivity contribution in [2.24, 2.45) is 12.8 Å². The minimum absolute atomic E-state index is 0.158. The number of hydrogen-bond acceptors (Lipinski definition) is 3. The third-order valence-electron chi connectivity index (χ3n) is 3.07. The van der Waals surface area contributed by atoms with Gasteiger partial charge in [-0.3, -0.25) is 4.68 Å². The predicted octanol–water partition coefficient (Wildman–Crippen LogP) is 1.96. The molecular weight excluding hydrogens is 294 g/mol. The predicted molar refractivity (Wildman–Crippen MR) is 74.7 cm³/mol. The van der Waals surface area contributed by atoms with Crippen LogP contribution in [0.2, 0.25) is 0 Å². The van der Waals surface area contributed by atoms with Crippen molar-refractivity contribution < 1.29 is 0 Å². The van der Waals surface area contributed by atoms with Gasteiger partial charge in [-0.2, -0.15) is 10.2 Å². The molecule has 0 radical (unpaired) electrons. The first-order valence-electron chi connectivity index (χ1n) is 6.01. The SMILES string of the molecule is CCC(N)Cc1c(C)nn(C)c1-n1cc(Br)cn1. The van der Waals surface area contributed by atoms with Crippen LogP contribution in [-0.4, -0.2) is 25.6 Å². The van der Waals surface area contributed by atoms with Crippen molar-refractivity contribution in [3.63, 3.8) is 0 Å². The number of nitrogens with two attached hydrogens (primary N) is 1. The zero-order valence-electron chi connectivity index (χ0n) is 10.9. The van der Waals surface area contributed by atoms with Crippen molar-refractivity contribution >= 4 is 15.9 Å². The Morgan fingerprint density at radius 2 is 2.22 bits per heavy atom. The van der Waals surface area contributed by atoms with Crippen LogP contribution in [0, 0.1) is 6.92 Å². The van der Waals surface area contributed by atoms with Crippen molar-refractivity contribution in [2.75, 3.05) is 0 Å². The van der Waals surface area contributed by atoms with Gasteiger partial charge in [-0.25, -0.2) is 4.68 Å². The molecule has 0 spiro atoms. The van der Waals surface area contributed by atoms with E-state index in [0.29, 0.717) is 0 Å². The summed E-state index contributed by atoms with van der Waals surface area (Å²) in [5, 5.41) is 8.79. The molecule has 0 bridgehead atoms. The first kappa shape index (κ1) is 13.3. The first-order chi connectivity index (χ1) is 8.52. The van der Waals surface area contributed by atoms with Gasteiger partial charge in [0.2, 0.25) is 0 Å². The molecule has 0 saturated carbocycles. The fourth-order valence-corrected chi connectivity index (χ4v) is 2.32. The molecule has 98 valence electrons. The van der Waals surface area contributed by atoms with Gasteiger partial charge in [0.15, 0.2) is 5.82 Å². The number of nitrogens with zero attached hydrogens (tertiary/aromatic N) is 4. The average molecular weight is 312 g/mol. The van der Waals surface area contributed by atoms with Crippen LogP contribution in [0.15, 0.2) is 16.9 Å². The summed E-state index contributed by atoms with van der Waals surface area (Å²) in [6.45, 7) is 4.11. The molecule has 2 aromatic heterocycles. The second-order valence-electron chi connectivity index (χ2n) is 4.49. The van der Waals surface area contributed by atoms with Crippen LogP contribution in [-0.2, 0) is 13.5 Å². The van der Waals surface area contributed by atoms with Crippen LogP contribution in [0.4, 0.5) is 0 Å². The molecule has 2 heterocycles. The molecule has 5 nitrogen and oxygen atoms in total. The summed E-state index contributed by atoms with van der Waals surface area (Å²) >= 11 is 3.41. The van der Waals surface area contributed by atoms with Crippen LogP contribution in [0.1, 0.15) is 24.6 Å². The molecular formula is C12H18BrN5. The number of rotatable bonds is 4. The maximum atomic E-state index is 6.06. The smallest absolute Gasteiger partial charge is 0.155 e. The van der Waals surface area contributed by atoms with Gasteiger partial charge in [-0.05, 0) is 35.7 Å². The van der Waals surface area contributed by atoms with E-state index in [0.717, 1.165) is 28.8 Å². The number of halogens is 1. The third kappa shape index (κ3) is 2.49. The minimum Gasteiger partial charge on any atom is -0.327 e. The fourth-order valence-electron chi connectivity index (χ4n) is 2.04. The van der Waals surface area contributed by atoms with E-state index in [1.807, 2.05) is 29.5 Å². The second kappa shape index (κ2) is 5.24. The third-order valence-corrected chi connectivity index (χ3v) is 3.48. The minimum atomic E-state index is 0.158. The van der Waals surface area contributed by atoms with E-state index in [2.05, 4.69) is 33.1 Å². The highest BCUT2D eigenvalue weighted by molar-refractivity contribution is 9.10. The lowest BCUT2D eigenvalue weighted by Gasteiger charge is -2.10. The fraction of sp³-hybridized carbons (Fsp3) is 0.500. The topological polar surface area (TPSA) is 61.7 Å². The maximum Gasteiger partial charge on any atom is 0.155 e. The Labute approximate surface area is 115 Å². The van der Waals surface area contributed by atoms with Gasteiger partial charge in [0, 0.05) is 24.8 Å². The molecule has 0 aromatic carbocycles. The van der Waals surface area contributed by atoms with Gasteiger partial charge in [0.05, 0.1) is 16.4 Å². The van der Waals surface area contributed by atoms with E-state index in [1.165, 1.54) is 5.56 Å². The Kier molecular flexibility index (Phi) is 3.87. The molecule has 6 heteroatoms. The average Bonchev–Trinajstić information content (AvgIpc) is 2.84. The molecule has 0 aliphatic rings. The van der Waals surface area contributed by atoms with Crippen LogP contribution in [0.5, 0.6) is 0 Å². The lowest BCUT2D eigenvalue weighted by atomic mass is 10.0. The molecule has 0 aliphatic carbocycles. The summed E-state index contributed by atoms with van der Waals surface area (Å²) in [6.07, 6.45) is 5.48. The van der Waals surface area contributed by atoms with Gasteiger partial charge in [-0.1, -0.05) is 6.92 Å². The molecule has 0 aliphatic heterocycles. The van der Waals surface area contributed by atoms with Crippen molar-refractivity contribution in [1.29, 1.82) is 0 Å². The number of aromatic nitrogens is 4. The molecule has 2 N–H and O–H groups in total. The molecule has 0 saturated heterocycles. The summed E-state index contributed by atoms with van der Waals surface area (Å²) in [7, 11) is 1.93. The quantitative estimate of drug-likeness (QED) is 0.939. The molecule has 0 fully saturated rings. The highest BCUT2D eigenvalue weighted by Crippen LogP contribution is 2.21. The summed E-state index contributed by atoms with van der Waals surface area (Å²) in [5.74, 6) is 0.988. The monoisotopic (exact) mass is 311 g/mol. The van der Waals surface area contributed by atoms with Crippen LogP contribution in [0.3, 0.4) is 0 Å². The molecule has 0 amide bonds. The molecule has 2 rings (SSSR count). The molecule has 18 heavy (non-hydrogen) atoms. The van der Waals surface area contributed by atoms with E-state index >= 15 is 0 Å². The largest absolute Gasteiger partial charge is 0.327 e. The zero-order valence-corrected chi connectivity index (χ0v) is 12.5. The van der Waals surface area contributed by atoms with E-state index in [1.54, 1.807) is 6.20 Å².